The fraction of sp³-hybridized carbons (Fsp3) is 0.0444. The van der Waals surface area contributed by atoms with Crippen molar-refractivity contribution < 1.29 is 4.74 Å². The van der Waals surface area contributed by atoms with Crippen molar-refractivity contribution in [2.24, 2.45) is 0 Å². The molecule has 0 N–H and O–H groups in total. The summed E-state index contributed by atoms with van der Waals surface area (Å²) in [4.78, 5) is 15.6. The molecule has 0 saturated heterocycles. The molecule has 240 valence electrons. The molecule has 0 radical (unpaired) electrons. The van der Waals surface area contributed by atoms with E-state index in [1.54, 1.807) is 0 Å². The maximum absolute atomic E-state index is 6.95. The molecule has 0 spiro atoms. The van der Waals surface area contributed by atoms with Crippen LogP contribution < -0.4 is 4.74 Å². The van der Waals surface area contributed by atoms with Gasteiger partial charge < -0.3 is 9.30 Å². The average molecular weight is 656 g/mol. The number of hydrogen-bond donors (Lipinski definition) is 0. The van der Waals surface area contributed by atoms with Gasteiger partial charge in [-0.2, -0.15) is 9.97 Å². The van der Waals surface area contributed by atoms with E-state index < -0.39 is 0 Å². The maximum Gasteiger partial charge on any atom is 0.238 e. The van der Waals surface area contributed by atoms with Crippen LogP contribution in [0.1, 0.15) is 28.8 Å². The number of nitrogens with zero attached hydrogens (tertiary/aromatic N) is 5. The fourth-order valence-corrected chi connectivity index (χ4v) is 8.22. The Bertz CT molecular complexity index is 2800. The van der Waals surface area contributed by atoms with Gasteiger partial charge in [-0.3, -0.25) is 4.57 Å². The first-order chi connectivity index (χ1) is 25.3. The lowest BCUT2D eigenvalue weighted by Crippen LogP contribution is -2.14. The highest BCUT2D eigenvalue weighted by Crippen LogP contribution is 2.55. The topological polar surface area (TPSA) is 57.8 Å². The van der Waals surface area contributed by atoms with Gasteiger partial charge in [0, 0.05) is 50.0 Å². The van der Waals surface area contributed by atoms with Gasteiger partial charge in [0.2, 0.25) is 5.95 Å². The van der Waals surface area contributed by atoms with E-state index in [-0.39, 0.29) is 12.0 Å². The van der Waals surface area contributed by atoms with Crippen molar-refractivity contribution in [2.75, 3.05) is 0 Å². The molecule has 1 aliphatic carbocycles. The Morgan fingerprint density at radius 1 is 0.490 bits per heavy atom. The molecule has 0 amide bonds. The molecular weight excluding hydrogens is 627 g/mol. The summed E-state index contributed by atoms with van der Waals surface area (Å²) in [5, 5.41) is 3.52. The molecule has 2 atom stereocenters. The molecule has 0 saturated carbocycles. The fourth-order valence-electron chi connectivity index (χ4n) is 8.22. The normalized spacial score (nSPS) is 15.9. The van der Waals surface area contributed by atoms with Gasteiger partial charge in [-0.15, -0.1) is 0 Å². The van der Waals surface area contributed by atoms with Crippen molar-refractivity contribution in [1.29, 1.82) is 0 Å². The van der Waals surface area contributed by atoms with Crippen molar-refractivity contribution in [3.63, 3.8) is 0 Å². The smallest absolute Gasteiger partial charge is 0.238 e. The Morgan fingerprint density at radius 3 is 1.82 bits per heavy atom. The second-order valence-corrected chi connectivity index (χ2v) is 13.1. The SMILES string of the molecule is C1=CC2c3c(cccc3-c3nc(-c4ccccc4)nc(-n4c5ccccc5c5ccccc54)n3)OC2c2c1n(-c1ccccc1)c1ccccc21. The Morgan fingerprint density at radius 2 is 1.10 bits per heavy atom. The average Bonchev–Trinajstić information content (AvgIpc) is 3.86. The van der Waals surface area contributed by atoms with Crippen LogP contribution in [-0.4, -0.2) is 24.1 Å². The zero-order chi connectivity index (χ0) is 33.5. The van der Waals surface area contributed by atoms with Crippen molar-refractivity contribution >= 4 is 38.8 Å². The minimum atomic E-state index is -0.191. The summed E-state index contributed by atoms with van der Waals surface area (Å²) in [6.45, 7) is 0. The first-order valence-corrected chi connectivity index (χ1v) is 17.3. The zero-order valence-corrected chi connectivity index (χ0v) is 27.4. The van der Waals surface area contributed by atoms with E-state index >= 15 is 0 Å². The Hall–Kier alpha value is -6.79. The minimum absolute atomic E-state index is 0.0210. The predicted octanol–water partition coefficient (Wildman–Crippen LogP) is 10.5. The summed E-state index contributed by atoms with van der Waals surface area (Å²) >= 11 is 0. The van der Waals surface area contributed by atoms with Crippen molar-refractivity contribution in [3.05, 3.63) is 175 Å². The first-order valence-electron chi connectivity index (χ1n) is 17.3. The molecule has 2 unspecified atom stereocenters. The van der Waals surface area contributed by atoms with Gasteiger partial charge in [-0.25, -0.2) is 4.98 Å². The van der Waals surface area contributed by atoms with E-state index in [2.05, 4.69) is 155 Å². The molecule has 6 heteroatoms. The lowest BCUT2D eigenvalue weighted by molar-refractivity contribution is 0.224. The van der Waals surface area contributed by atoms with Crippen LogP contribution in [0.2, 0.25) is 0 Å². The highest BCUT2D eigenvalue weighted by Gasteiger charge is 2.42. The standard InChI is InChI=1S/C45H29N5O/c1-3-14-28(15-4-1)43-46-44(48-45(47-43)50-35-22-10-7-18-30(35)31-19-8-11-23-36(31)50)34-21-13-25-39-40(34)33-26-27-38-41(42(33)51-39)32-20-9-12-24-37(32)49(38)29-16-5-2-6-17-29/h1-27,33,42H. The third-order valence-corrected chi connectivity index (χ3v) is 10.4. The van der Waals surface area contributed by atoms with Gasteiger partial charge in [-0.05, 0) is 42.5 Å². The van der Waals surface area contributed by atoms with Crippen LogP contribution in [0, 0.1) is 0 Å². The summed E-state index contributed by atoms with van der Waals surface area (Å²) in [5.41, 5.74) is 9.73. The van der Waals surface area contributed by atoms with E-state index in [4.69, 9.17) is 19.7 Å². The number of ether oxygens (including phenoxy) is 1. The van der Waals surface area contributed by atoms with E-state index in [1.165, 1.54) is 16.5 Å². The van der Waals surface area contributed by atoms with E-state index in [1.807, 2.05) is 18.2 Å². The van der Waals surface area contributed by atoms with Crippen molar-refractivity contribution in [3.8, 4) is 40.2 Å². The van der Waals surface area contributed by atoms with Crippen LogP contribution in [0.25, 0.3) is 73.2 Å². The van der Waals surface area contributed by atoms with Crippen molar-refractivity contribution in [1.82, 2.24) is 24.1 Å². The highest BCUT2D eigenvalue weighted by atomic mass is 16.5. The van der Waals surface area contributed by atoms with Crippen LogP contribution in [0.4, 0.5) is 0 Å². The molecular formula is C45H29N5O. The number of para-hydroxylation sites is 4. The lowest BCUT2D eigenvalue weighted by Gasteiger charge is -2.22. The van der Waals surface area contributed by atoms with Gasteiger partial charge in [0.15, 0.2) is 11.6 Å². The van der Waals surface area contributed by atoms with Gasteiger partial charge in [0.1, 0.15) is 11.9 Å². The second kappa shape index (κ2) is 10.9. The molecule has 2 aliphatic rings. The monoisotopic (exact) mass is 655 g/mol. The van der Waals surface area contributed by atoms with Crippen LogP contribution in [0.3, 0.4) is 0 Å². The third kappa shape index (κ3) is 4.14. The number of aromatic nitrogens is 5. The molecule has 11 rings (SSSR count). The van der Waals surface area contributed by atoms with Crippen LogP contribution >= 0.6 is 0 Å². The molecule has 4 heterocycles. The zero-order valence-electron chi connectivity index (χ0n) is 27.4. The third-order valence-electron chi connectivity index (χ3n) is 10.4. The van der Waals surface area contributed by atoms with E-state index in [0.717, 1.165) is 55.6 Å². The predicted molar refractivity (Wildman–Crippen MR) is 203 cm³/mol. The summed E-state index contributed by atoms with van der Waals surface area (Å²) in [5.74, 6) is 2.66. The summed E-state index contributed by atoms with van der Waals surface area (Å²) < 4.78 is 11.5. The van der Waals surface area contributed by atoms with Crippen LogP contribution in [-0.2, 0) is 0 Å². The highest BCUT2D eigenvalue weighted by molar-refractivity contribution is 6.09. The molecule has 3 aromatic heterocycles. The largest absolute Gasteiger partial charge is 0.484 e. The number of benzene rings is 6. The van der Waals surface area contributed by atoms with Gasteiger partial charge in [0.05, 0.1) is 22.2 Å². The van der Waals surface area contributed by atoms with Gasteiger partial charge in [-0.1, -0.05) is 121 Å². The quantitative estimate of drug-likeness (QED) is 0.189. The van der Waals surface area contributed by atoms with E-state index in [0.29, 0.717) is 17.6 Å². The maximum atomic E-state index is 6.95. The van der Waals surface area contributed by atoms with Crippen LogP contribution in [0.5, 0.6) is 5.75 Å². The molecule has 51 heavy (non-hydrogen) atoms. The molecule has 6 aromatic carbocycles. The number of fused-ring (bicyclic) bond motifs is 10. The summed E-state index contributed by atoms with van der Waals surface area (Å²) in [6.07, 6.45) is 4.38. The molecule has 6 nitrogen and oxygen atoms in total. The molecule has 1 aliphatic heterocycles. The van der Waals surface area contributed by atoms with Crippen molar-refractivity contribution in [2.45, 2.75) is 12.0 Å². The number of hydrogen-bond acceptors (Lipinski definition) is 4. The second-order valence-electron chi connectivity index (χ2n) is 13.1. The molecule has 9 aromatic rings. The summed E-state index contributed by atoms with van der Waals surface area (Å²) in [6, 6.07) is 52.5. The first kappa shape index (κ1) is 28.1. The lowest BCUT2D eigenvalue weighted by atomic mass is 9.83. The summed E-state index contributed by atoms with van der Waals surface area (Å²) in [7, 11) is 0. The number of rotatable bonds is 4. The Labute approximate surface area is 293 Å². The Kier molecular flexibility index (Phi) is 5.98. The van der Waals surface area contributed by atoms with E-state index in [9.17, 15) is 0 Å². The molecule has 0 fully saturated rings. The Balaban J connectivity index is 1.12. The molecule has 0 bridgehead atoms. The van der Waals surface area contributed by atoms with Gasteiger partial charge in [0.25, 0.3) is 0 Å². The minimum Gasteiger partial charge on any atom is -0.484 e. The van der Waals surface area contributed by atoms with Gasteiger partial charge >= 0.3 is 0 Å². The van der Waals surface area contributed by atoms with Crippen LogP contribution in [0.15, 0.2) is 158 Å².